The molecule has 0 fully saturated rings. The monoisotopic (exact) mass is 349 g/mol. The highest BCUT2D eigenvalue weighted by Crippen LogP contribution is 2.29. The maximum absolute atomic E-state index is 12.6. The van der Waals surface area contributed by atoms with Gasteiger partial charge in [0, 0.05) is 31.2 Å². The predicted octanol–water partition coefficient (Wildman–Crippen LogP) is 3.77. The van der Waals surface area contributed by atoms with Crippen molar-refractivity contribution in [2.45, 2.75) is 6.92 Å². The third-order valence-electron chi connectivity index (χ3n) is 4.18. The first-order chi connectivity index (χ1) is 12.4. The fraction of sp³-hybridized carbons (Fsp3) is 0.143. The summed E-state index contributed by atoms with van der Waals surface area (Å²) in [4.78, 5) is 26.3. The second kappa shape index (κ2) is 6.88. The van der Waals surface area contributed by atoms with Crippen LogP contribution in [0, 0.1) is 6.92 Å². The number of hydrogen-bond donors (Lipinski definition) is 1. The van der Waals surface area contributed by atoms with Gasteiger partial charge in [-0.15, -0.1) is 0 Å². The van der Waals surface area contributed by atoms with Crippen molar-refractivity contribution < 1.29 is 14.3 Å². The van der Waals surface area contributed by atoms with E-state index >= 15 is 0 Å². The van der Waals surface area contributed by atoms with Gasteiger partial charge in [0.1, 0.15) is 11.3 Å². The first kappa shape index (κ1) is 17.5. The lowest BCUT2D eigenvalue weighted by Gasteiger charge is -2.11. The zero-order valence-corrected chi connectivity index (χ0v) is 14.8. The van der Waals surface area contributed by atoms with Crippen molar-refractivity contribution in [3.8, 4) is 5.75 Å². The summed E-state index contributed by atoms with van der Waals surface area (Å²) < 4.78 is 5.19. The summed E-state index contributed by atoms with van der Waals surface area (Å²) in [5, 5.41) is 10.8. The zero-order valence-electron chi connectivity index (χ0n) is 14.8. The Labute approximate surface area is 150 Å². The molecule has 0 atom stereocenters. The van der Waals surface area contributed by atoms with Crippen LogP contribution in [0.25, 0.3) is 17.0 Å². The van der Waals surface area contributed by atoms with E-state index in [1.165, 1.54) is 18.2 Å². The van der Waals surface area contributed by atoms with E-state index in [1.807, 2.05) is 43.3 Å². The fourth-order valence-electron chi connectivity index (χ4n) is 2.75. The molecule has 0 aliphatic carbocycles. The van der Waals surface area contributed by atoms with Crippen LogP contribution in [0.2, 0.25) is 0 Å². The molecule has 0 bridgehead atoms. The number of fused-ring (bicyclic) bond motifs is 1. The lowest BCUT2D eigenvalue weighted by molar-refractivity contribution is 0.104. The molecule has 0 spiro atoms. The maximum Gasteiger partial charge on any atom is 0.336 e. The van der Waals surface area contributed by atoms with E-state index in [4.69, 9.17) is 4.42 Å². The summed E-state index contributed by atoms with van der Waals surface area (Å²) in [5.74, 6) is -0.651. The summed E-state index contributed by atoms with van der Waals surface area (Å²) in [5.41, 5.74) is 2.13. The van der Waals surface area contributed by atoms with Gasteiger partial charge < -0.3 is 14.4 Å². The molecule has 3 aromatic rings. The summed E-state index contributed by atoms with van der Waals surface area (Å²) in [6.07, 6.45) is 3.02. The second-order valence-corrected chi connectivity index (χ2v) is 6.27. The van der Waals surface area contributed by atoms with Crippen molar-refractivity contribution in [1.82, 2.24) is 0 Å². The van der Waals surface area contributed by atoms with Gasteiger partial charge in [-0.3, -0.25) is 4.79 Å². The summed E-state index contributed by atoms with van der Waals surface area (Å²) in [7, 11) is 3.90. The van der Waals surface area contributed by atoms with Crippen LogP contribution < -0.4 is 10.5 Å². The lowest BCUT2D eigenvalue weighted by atomic mass is 10.0. The van der Waals surface area contributed by atoms with Crippen LogP contribution in [0.4, 0.5) is 5.69 Å². The van der Waals surface area contributed by atoms with Gasteiger partial charge >= 0.3 is 5.63 Å². The Kier molecular flexibility index (Phi) is 4.63. The second-order valence-electron chi connectivity index (χ2n) is 6.27. The highest BCUT2D eigenvalue weighted by molar-refractivity contribution is 6.15. The van der Waals surface area contributed by atoms with Crippen LogP contribution in [-0.2, 0) is 0 Å². The normalized spacial score (nSPS) is 11.2. The number of hydrogen-bond acceptors (Lipinski definition) is 5. The molecule has 0 unspecified atom stereocenters. The molecule has 5 nitrogen and oxygen atoms in total. The molecule has 5 heteroatoms. The highest BCUT2D eigenvalue weighted by Gasteiger charge is 2.17. The maximum atomic E-state index is 12.6. The van der Waals surface area contributed by atoms with E-state index in [-0.39, 0.29) is 16.9 Å². The topological polar surface area (TPSA) is 70.8 Å². The number of carbonyl (C=O) groups excluding carboxylic acids is 1. The highest BCUT2D eigenvalue weighted by atomic mass is 16.4. The zero-order chi connectivity index (χ0) is 18.8. The average Bonchev–Trinajstić information content (AvgIpc) is 2.59. The van der Waals surface area contributed by atoms with Crippen molar-refractivity contribution in [1.29, 1.82) is 0 Å². The van der Waals surface area contributed by atoms with E-state index in [0.717, 1.165) is 11.3 Å². The van der Waals surface area contributed by atoms with Crippen LogP contribution in [-0.4, -0.2) is 25.0 Å². The molecule has 26 heavy (non-hydrogen) atoms. The Morgan fingerprint density at radius 3 is 2.46 bits per heavy atom. The molecule has 0 aliphatic heterocycles. The van der Waals surface area contributed by atoms with E-state index in [2.05, 4.69) is 0 Å². The number of carbonyl (C=O) groups is 1. The van der Waals surface area contributed by atoms with Crippen LogP contribution in [0.3, 0.4) is 0 Å². The van der Waals surface area contributed by atoms with E-state index in [9.17, 15) is 14.7 Å². The van der Waals surface area contributed by atoms with Gasteiger partial charge in [0.2, 0.25) is 0 Å². The van der Waals surface area contributed by atoms with Crippen molar-refractivity contribution in [2.24, 2.45) is 0 Å². The SMILES string of the molecule is Cc1cc(=O)oc2c(C(=O)C=Cc3ccc(N(C)C)cc3)c(O)ccc12. The number of anilines is 1. The van der Waals surface area contributed by atoms with Gasteiger partial charge in [0.05, 0.1) is 0 Å². The van der Waals surface area contributed by atoms with E-state index < -0.39 is 11.4 Å². The Morgan fingerprint density at radius 2 is 1.81 bits per heavy atom. The fourth-order valence-corrected chi connectivity index (χ4v) is 2.75. The van der Waals surface area contributed by atoms with Crippen molar-refractivity contribution in [2.75, 3.05) is 19.0 Å². The predicted molar refractivity (Wildman–Crippen MR) is 103 cm³/mol. The minimum absolute atomic E-state index is 0.00976. The quantitative estimate of drug-likeness (QED) is 0.441. The molecule has 0 saturated carbocycles. The number of rotatable bonds is 4. The Morgan fingerprint density at radius 1 is 1.12 bits per heavy atom. The molecule has 132 valence electrons. The summed E-state index contributed by atoms with van der Waals surface area (Å²) >= 11 is 0. The van der Waals surface area contributed by atoms with Crippen LogP contribution in [0.5, 0.6) is 5.75 Å². The van der Waals surface area contributed by atoms with Crippen molar-refractivity contribution >= 4 is 28.5 Å². The molecule has 0 amide bonds. The molecule has 2 aromatic carbocycles. The van der Waals surface area contributed by atoms with Gasteiger partial charge in [0.15, 0.2) is 11.4 Å². The van der Waals surface area contributed by atoms with Crippen molar-refractivity contribution in [3.05, 3.63) is 75.7 Å². The van der Waals surface area contributed by atoms with Crippen molar-refractivity contribution in [3.63, 3.8) is 0 Å². The minimum atomic E-state index is -0.557. The molecule has 0 saturated heterocycles. The smallest absolute Gasteiger partial charge is 0.336 e. The molecular weight excluding hydrogens is 330 g/mol. The van der Waals surface area contributed by atoms with Gasteiger partial charge in [-0.25, -0.2) is 4.79 Å². The average molecular weight is 349 g/mol. The van der Waals surface area contributed by atoms with Gasteiger partial charge in [-0.2, -0.15) is 0 Å². The van der Waals surface area contributed by atoms with Gasteiger partial charge in [-0.1, -0.05) is 18.2 Å². The number of nitrogens with zero attached hydrogens (tertiary/aromatic N) is 1. The molecule has 0 aliphatic rings. The third-order valence-corrected chi connectivity index (χ3v) is 4.18. The minimum Gasteiger partial charge on any atom is -0.507 e. The molecule has 1 heterocycles. The first-order valence-electron chi connectivity index (χ1n) is 8.13. The number of allylic oxidation sites excluding steroid dienone is 1. The Hall–Kier alpha value is -3.34. The van der Waals surface area contributed by atoms with E-state index in [0.29, 0.717) is 10.9 Å². The van der Waals surface area contributed by atoms with Crippen LogP contribution in [0.15, 0.2) is 57.8 Å². The number of benzene rings is 2. The number of ketones is 1. The largest absolute Gasteiger partial charge is 0.507 e. The molecular formula is C21H19NO4. The van der Waals surface area contributed by atoms with Gasteiger partial charge in [0.25, 0.3) is 0 Å². The number of aromatic hydroxyl groups is 1. The standard InChI is InChI=1S/C21H19NO4/c1-13-12-19(25)26-21-16(13)9-11-18(24)20(21)17(23)10-6-14-4-7-15(8-5-14)22(2)3/h4-12,24H,1-3H3. The number of phenolic OH excluding ortho intramolecular Hbond substituents is 1. The lowest BCUT2D eigenvalue weighted by Crippen LogP contribution is -2.07. The Bertz CT molecular complexity index is 1060. The number of aryl methyl sites for hydroxylation is 1. The third kappa shape index (κ3) is 3.37. The number of phenols is 1. The van der Waals surface area contributed by atoms with Crippen LogP contribution in [0.1, 0.15) is 21.5 Å². The summed E-state index contributed by atoms with van der Waals surface area (Å²) in [6.45, 7) is 1.76. The Balaban J connectivity index is 1.99. The van der Waals surface area contributed by atoms with E-state index in [1.54, 1.807) is 19.1 Å². The van der Waals surface area contributed by atoms with Gasteiger partial charge in [-0.05, 0) is 48.4 Å². The molecule has 1 N–H and O–H groups in total. The first-order valence-corrected chi connectivity index (χ1v) is 8.13. The summed E-state index contributed by atoms with van der Waals surface area (Å²) in [6, 6.07) is 12.1. The molecule has 1 aromatic heterocycles. The van der Waals surface area contributed by atoms with Crippen LogP contribution >= 0.6 is 0 Å². The molecule has 0 radical (unpaired) electrons. The molecule has 3 rings (SSSR count).